The molecule has 21 aromatic rings. The highest BCUT2D eigenvalue weighted by molar-refractivity contribution is 6.42. The first-order chi connectivity index (χ1) is 70.6. The predicted molar refractivity (Wildman–Crippen MR) is 582 cm³/mol. The molecule has 148 heavy (non-hydrogen) atoms. The van der Waals surface area contributed by atoms with E-state index in [0.717, 1.165) is 134 Å². The molecular formula is C120H108Cl2F2N24. The first kappa shape index (κ1) is 106. The van der Waals surface area contributed by atoms with Gasteiger partial charge in [0.25, 0.3) is 0 Å². The number of nitrogens with zero attached hydrogens (tertiary/aromatic N) is 24. The van der Waals surface area contributed by atoms with Gasteiger partial charge in [0.15, 0.2) is 11.6 Å². The van der Waals surface area contributed by atoms with E-state index in [0.29, 0.717) is 124 Å². The van der Waals surface area contributed by atoms with Crippen molar-refractivity contribution in [3.05, 3.63) is 513 Å². The summed E-state index contributed by atoms with van der Waals surface area (Å²) >= 11 is 12.4. The van der Waals surface area contributed by atoms with E-state index in [-0.39, 0.29) is 41.3 Å². The standard InChI is InChI=1S/C33H26N6.C28H22Cl2N6.C28H23FN6.C27H21FN6.4CH4/c34-20-25-10-12-26(13-11-25)21-39-24-35-37-33(39)23-38(22-30-17-14-29-8-4-5-9-32(29)36-30)31-18-15-28(16-19-31)27-6-2-1-3-7-27;29-25-12-9-22(13-26(25)30)15-35(17-24-11-10-23-3-1-2-4-27(23)33-24)18-28-34-32-19-36(28)16-21-7-5-20(14-31)6-8-21;29-25-12-9-22(10-13-25)16-34(18-26-14-11-24-3-1-2-4-27(24)32-26)19-28-33-31-20-35(28)17-23-7-5-21(15-30)6-8-23;28-23-10-13-25(14-11-23)33(17-24-12-9-22-3-1-2-4-26(22)31-24)18-27-32-30-19-34(27)16-21-7-5-20(15-29)6-8-21;;;;/h1-19,24H,21-23H2;1-13,19H,15-18H2;1-14,20H,16-19H2;1-14,19H,16-18H2;4*1H4. The molecule has 0 spiro atoms. The van der Waals surface area contributed by atoms with Gasteiger partial charge in [0, 0.05) is 59.1 Å². The maximum atomic E-state index is 13.6. The van der Waals surface area contributed by atoms with Gasteiger partial charge in [0.2, 0.25) is 0 Å². The van der Waals surface area contributed by atoms with Crippen LogP contribution in [0.15, 0.2) is 389 Å². The second-order valence-corrected chi connectivity index (χ2v) is 35.3. The Hall–Kier alpha value is -18.0. The van der Waals surface area contributed by atoms with Crippen LogP contribution in [0.3, 0.4) is 0 Å². The third kappa shape index (κ3) is 28.5. The van der Waals surface area contributed by atoms with Crippen LogP contribution in [0.5, 0.6) is 0 Å². The van der Waals surface area contributed by atoms with Crippen LogP contribution in [0, 0.1) is 57.0 Å². The molecule has 0 atom stereocenters. The Morgan fingerprint density at radius 2 is 0.527 bits per heavy atom. The van der Waals surface area contributed by atoms with Crippen LogP contribution >= 0.6 is 23.2 Å². The van der Waals surface area contributed by atoms with Gasteiger partial charge >= 0.3 is 0 Å². The second-order valence-electron chi connectivity index (χ2n) is 34.5. The number of nitriles is 4. The quantitative estimate of drug-likeness (QED) is 0.0390. The van der Waals surface area contributed by atoms with E-state index in [1.807, 2.05) is 220 Å². The van der Waals surface area contributed by atoms with Crippen molar-refractivity contribution >= 4 is 78.2 Å². The SMILES string of the molecule is C.C.C.C.N#Cc1ccc(Cn2cnnc2CN(Cc2ccc(Cl)c(Cl)c2)Cc2ccc3ccccc3n2)cc1.N#Cc1ccc(Cn2cnnc2CN(Cc2ccc(F)cc2)Cc2ccc3ccccc3n2)cc1.N#Cc1ccc(Cn2cnnc2CN(Cc2ccc3ccccc3n2)c2ccc(-c3ccccc3)cc2)cc1.N#Cc1ccc(Cn2cnnc2CN(Cc2ccc3ccccc3n2)c2ccc(F)cc2)cc1. The molecule has 8 aromatic heterocycles. The summed E-state index contributed by atoms with van der Waals surface area (Å²) in [7, 11) is 0. The van der Waals surface area contributed by atoms with Gasteiger partial charge in [0.05, 0.1) is 167 Å². The number of halogens is 4. The summed E-state index contributed by atoms with van der Waals surface area (Å²) in [6.45, 7) is 8.19. The Labute approximate surface area is 870 Å². The molecule has 0 aliphatic rings. The summed E-state index contributed by atoms with van der Waals surface area (Å²) in [6.07, 6.45) is 6.92. The summed E-state index contributed by atoms with van der Waals surface area (Å²) in [4.78, 5) is 28.3. The third-order valence-electron chi connectivity index (χ3n) is 24.3. The third-order valence-corrected chi connectivity index (χ3v) is 25.0. The molecule has 24 nitrogen and oxygen atoms in total. The molecule has 13 aromatic carbocycles. The number of benzene rings is 13. The fourth-order valence-electron chi connectivity index (χ4n) is 16.7. The number of rotatable bonds is 31. The molecule has 0 aliphatic heterocycles. The summed E-state index contributed by atoms with van der Waals surface area (Å²) in [5.74, 6) is 2.74. The molecule has 0 saturated carbocycles. The maximum Gasteiger partial charge on any atom is 0.152 e. The lowest BCUT2D eigenvalue weighted by atomic mass is 10.1. The first-order valence-electron chi connectivity index (χ1n) is 46.5. The van der Waals surface area contributed by atoms with E-state index < -0.39 is 0 Å². The Bertz CT molecular complexity index is 8100. The normalized spacial score (nSPS) is 10.7. The first-order valence-corrected chi connectivity index (χ1v) is 47.3. The molecule has 0 amide bonds. The molecule has 8 heterocycles. The largest absolute Gasteiger partial charge is 0.358 e. The molecular weight excluding hydrogens is 1890 g/mol. The van der Waals surface area contributed by atoms with Crippen LogP contribution in [0.1, 0.15) is 131 Å². The van der Waals surface area contributed by atoms with Crippen LogP contribution in [-0.4, -0.2) is 88.8 Å². The van der Waals surface area contributed by atoms with E-state index in [1.54, 1.807) is 61.7 Å². The fraction of sp³-hybridized carbons (Fsp3) is 0.150. The van der Waals surface area contributed by atoms with Gasteiger partial charge in [-0.05, 0) is 202 Å². The molecule has 0 saturated heterocycles. The van der Waals surface area contributed by atoms with E-state index in [4.69, 9.17) is 64.2 Å². The highest BCUT2D eigenvalue weighted by Gasteiger charge is 2.22. The Kier molecular flexibility index (Phi) is 37.0. The molecule has 0 radical (unpaired) electrons. The fourth-order valence-corrected chi connectivity index (χ4v) is 17.1. The highest BCUT2D eigenvalue weighted by atomic mass is 35.5. The summed E-state index contributed by atoms with van der Waals surface area (Å²) in [5.41, 5.74) is 20.8. The Morgan fingerprint density at radius 1 is 0.250 bits per heavy atom. The Morgan fingerprint density at radius 3 is 0.858 bits per heavy atom. The number of para-hydroxylation sites is 4. The van der Waals surface area contributed by atoms with E-state index in [1.165, 1.54) is 35.4 Å². The molecule has 0 N–H and O–H groups in total. The van der Waals surface area contributed by atoms with Crippen LogP contribution in [0.2, 0.25) is 10.0 Å². The molecule has 0 aliphatic carbocycles. The number of aromatic nitrogens is 16. The summed E-state index contributed by atoms with van der Waals surface area (Å²) < 4.78 is 35.1. The van der Waals surface area contributed by atoms with Crippen LogP contribution < -0.4 is 9.80 Å². The lowest BCUT2D eigenvalue weighted by molar-refractivity contribution is 0.235. The van der Waals surface area contributed by atoms with Crippen molar-refractivity contribution in [2.45, 2.75) is 121 Å². The van der Waals surface area contributed by atoms with Gasteiger partial charge in [-0.1, -0.05) is 259 Å². The maximum absolute atomic E-state index is 13.6. The molecule has 736 valence electrons. The topological polar surface area (TPSA) is 283 Å². The average molecular weight is 2000 g/mol. The Balaban J connectivity index is 0.000000154. The second kappa shape index (κ2) is 51.8. The number of pyridine rings is 4. The summed E-state index contributed by atoms with van der Waals surface area (Å²) in [5, 5.41) is 75.9. The molecule has 21 rings (SSSR count). The molecule has 0 bridgehead atoms. The van der Waals surface area contributed by atoms with Gasteiger partial charge in [-0.3, -0.25) is 29.7 Å². The highest BCUT2D eigenvalue weighted by Crippen LogP contribution is 2.31. The average Bonchev–Trinajstić information content (AvgIpc) is 1.26. The van der Waals surface area contributed by atoms with E-state index >= 15 is 0 Å². The summed E-state index contributed by atoms with van der Waals surface area (Å²) in [6, 6.07) is 125. The van der Waals surface area contributed by atoms with Crippen molar-refractivity contribution in [2.24, 2.45) is 0 Å². The minimum atomic E-state index is -0.281. The monoisotopic (exact) mass is 1990 g/mol. The minimum absolute atomic E-state index is 0. The van der Waals surface area contributed by atoms with Crippen molar-refractivity contribution in [3.8, 4) is 35.4 Å². The number of hydrogen-bond acceptors (Lipinski definition) is 20. The van der Waals surface area contributed by atoms with E-state index in [2.05, 4.69) is 186 Å². The molecule has 0 unspecified atom stereocenters. The minimum Gasteiger partial charge on any atom is -0.358 e. The number of hydrogen-bond donors (Lipinski definition) is 0. The lowest BCUT2D eigenvalue weighted by Gasteiger charge is -2.25. The van der Waals surface area contributed by atoms with Crippen molar-refractivity contribution in [1.29, 1.82) is 21.0 Å². The van der Waals surface area contributed by atoms with Gasteiger partial charge < -0.3 is 28.1 Å². The van der Waals surface area contributed by atoms with Crippen LogP contribution in [0.25, 0.3) is 54.7 Å². The zero-order valence-corrected chi connectivity index (χ0v) is 79.6. The van der Waals surface area contributed by atoms with E-state index in [9.17, 15) is 8.78 Å². The van der Waals surface area contributed by atoms with Gasteiger partial charge in [-0.15, -0.1) is 40.8 Å². The zero-order valence-electron chi connectivity index (χ0n) is 78.1. The predicted octanol–water partition coefficient (Wildman–Crippen LogP) is 25.6. The smallest absolute Gasteiger partial charge is 0.152 e. The molecule has 0 fully saturated rings. The van der Waals surface area contributed by atoms with Crippen molar-refractivity contribution in [2.75, 3.05) is 9.80 Å². The number of fused-ring (bicyclic) bond motifs is 4. The van der Waals surface area contributed by atoms with Crippen LogP contribution in [-0.2, 0) is 91.6 Å². The molecule has 28 heteroatoms. The lowest BCUT2D eigenvalue weighted by Crippen LogP contribution is -2.25. The number of anilines is 2. The van der Waals surface area contributed by atoms with Crippen molar-refractivity contribution < 1.29 is 8.78 Å². The van der Waals surface area contributed by atoms with Crippen molar-refractivity contribution in [1.82, 2.24) is 88.8 Å². The van der Waals surface area contributed by atoms with Crippen LogP contribution in [0.4, 0.5) is 20.2 Å². The van der Waals surface area contributed by atoms with Crippen molar-refractivity contribution in [3.63, 3.8) is 0 Å². The zero-order chi connectivity index (χ0) is 98.7. The van der Waals surface area contributed by atoms with Gasteiger partial charge in [-0.25, -0.2) is 8.78 Å². The van der Waals surface area contributed by atoms with Gasteiger partial charge in [-0.2, -0.15) is 21.0 Å². The van der Waals surface area contributed by atoms with Gasteiger partial charge in [0.1, 0.15) is 48.6 Å².